The molecular weight excluding hydrogens is 364 g/mol. The number of rotatable bonds is 6. The highest BCUT2D eigenvalue weighted by atomic mass is 32.2. The van der Waals surface area contributed by atoms with Crippen LogP contribution in [0.25, 0.3) is 11.1 Å². The highest BCUT2D eigenvalue weighted by molar-refractivity contribution is 7.90. The monoisotopic (exact) mass is 384 g/mol. The maximum Gasteiger partial charge on any atom is 0.185 e. The van der Waals surface area contributed by atoms with E-state index in [-0.39, 0.29) is 16.5 Å². The largest absolute Gasteiger partial charge is 0.493 e. The van der Waals surface area contributed by atoms with Crippen LogP contribution in [0, 0.1) is 6.92 Å². The average molecular weight is 384 g/mol. The first kappa shape index (κ1) is 18.8. The quantitative estimate of drug-likeness (QED) is 0.648. The second-order valence-electron chi connectivity index (χ2n) is 6.03. The third-order valence-corrected chi connectivity index (χ3v) is 5.73. The van der Waals surface area contributed by atoms with E-state index < -0.39 is 9.84 Å². The molecule has 0 atom stereocenters. The zero-order valence-electron chi connectivity index (χ0n) is 15.3. The topological polar surface area (TPSA) is 78.4 Å². The molecule has 7 heteroatoms. The number of hydrogen-bond acceptors (Lipinski definition) is 6. The third-order valence-electron chi connectivity index (χ3n) is 4.12. The SMILES string of the molecule is COc1ccc(S(=O)(=O)Cc2ncc(-c3ccc(C)cc3)cn2)cc1OC. The summed E-state index contributed by atoms with van der Waals surface area (Å²) in [5.41, 5.74) is 2.98. The van der Waals surface area contributed by atoms with Crippen LogP contribution in [-0.2, 0) is 15.6 Å². The van der Waals surface area contributed by atoms with Gasteiger partial charge in [0, 0.05) is 24.0 Å². The summed E-state index contributed by atoms with van der Waals surface area (Å²) in [6.45, 7) is 2.02. The Bertz CT molecular complexity index is 1030. The maximum absolute atomic E-state index is 12.7. The van der Waals surface area contributed by atoms with Crippen molar-refractivity contribution in [1.82, 2.24) is 9.97 Å². The number of methoxy groups -OCH3 is 2. The first-order valence-corrected chi connectivity index (χ1v) is 9.91. The zero-order chi connectivity index (χ0) is 19.4. The molecule has 0 amide bonds. The van der Waals surface area contributed by atoms with Gasteiger partial charge in [0.1, 0.15) is 11.6 Å². The van der Waals surface area contributed by atoms with Gasteiger partial charge in [0.15, 0.2) is 21.3 Å². The Balaban J connectivity index is 1.82. The van der Waals surface area contributed by atoms with Gasteiger partial charge in [0.2, 0.25) is 0 Å². The van der Waals surface area contributed by atoms with Gasteiger partial charge in [-0.3, -0.25) is 0 Å². The van der Waals surface area contributed by atoms with E-state index in [0.29, 0.717) is 11.5 Å². The summed E-state index contributed by atoms with van der Waals surface area (Å²) in [4.78, 5) is 8.57. The molecule has 140 valence electrons. The van der Waals surface area contributed by atoms with E-state index in [9.17, 15) is 8.42 Å². The van der Waals surface area contributed by atoms with E-state index in [0.717, 1.165) is 16.7 Å². The minimum atomic E-state index is -3.61. The van der Waals surface area contributed by atoms with Crippen LogP contribution in [0.1, 0.15) is 11.4 Å². The minimum absolute atomic E-state index is 0.131. The summed E-state index contributed by atoms with van der Waals surface area (Å²) < 4.78 is 35.7. The van der Waals surface area contributed by atoms with Gasteiger partial charge >= 0.3 is 0 Å². The highest BCUT2D eigenvalue weighted by Gasteiger charge is 2.19. The lowest BCUT2D eigenvalue weighted by atomic mass is 10.1. The van der Waals surface area contributed by atoms with Crippen LogP contribution < -0.4 is 9.47 Å². The minimum Gasteiger partial charge on any atom is -0.493 e. The first-order valence-electron chi connectivity index (χ1n) is 8.25. The Labute approximate surface area is 158 Å². The van der Waals surface area contributed by atoms with Crippen molar-refractivity contribution in [2.75, 3.05) is 14.2 Å². The van der Waals surface area contributed by atoms with Crippen molar-refractivity contribution >= 4 is 9.84 Å². The number of benzene rings is 2. The molecule has 0 saturated carbocycles. The van der Waals surface area contributed by atoms with Crippen molar-refractivity contribution in [3.8, 4) is 22.6 Å². The number of ether oxygens (including phenoxy) is 2. The molecule has 1 aromatic heterocycles. The lowest BCUT2D eigenvalue weighted by Crippen LogP contribution is -2.08. The van der Waals surface area contributed by atoms with Crippen molar-refractivity contribution in [3.05, 3.63) is 66.2 Å². The molecule has 0 radical (unpaired) electrons. The summed E-state index contributed by atoms with van der Waals surface area (Å²) in [7, 11) is -0.660. The summed E-state index contributed by atoms with van der Waals surface area (Å²) >= 11 is 0. The predicted octanol–water partition coefficient (Wildman–Crippen LogP) is 3.44. The Morgan fingerprint density at radius 3 is 2.07 bits per heavy atom. The molecule has 0 aliphatic heterocycles. The van der Waals surface area contributed by atoms with Gasteiger partial charge in [-0.2, -0.15) is 0 Å². The van der Waals surface area contributed by atoms with Crippen LogP contribution in [0.4, 0.5) is 0 Å². The van der Waals surface area contributed by atoms with Gasteiger partial charge in [-0.05, 0) is 24.6 Å². The van der Waals surface area contributed by atoms with Crippen molar-refractivity contribution in [2.24, 2.45) is 0 Å². The first-order chi connectivity index (χ1) is 12.9. The molecule has 0 aliphatic rings. The smallest absolute Gasteiger partial charge is 0.185 e. The molecule has 2 aromatic carbocycles. The number of hydrogen-bond donors (Lipinski definition) is 0. The maximum atomic E-state index is 12.7. The Hall–Kier alpha value is -2.93. The van der Waals surface area contributed by atoms with Crippen LogP contribution >= 0.6 is 0 Å². The molecular formula is C20H20N2O4S. The summed E-state index contributed by atoms with van der Waals surface area (Å²) in [6, 6.07) is 12.5. The fourth-order valence-electron chi connectivity index (χ4n) is 2.59. The van der Waals surface area contributed by atoms with E-state index in [1.54, 1.807) is 18.5 Å². The molecule has 3 rings (SSSR count). The number of nitrogens with zero attached hydrogens (tertiary/aromatic N) is 2. The molecule has 3 aromatic rings. The molecule has 0 spiro atoms. The standard InChI is InChI=1S/C20H20N2O4S/c1-14-4-6-15(7-5-14)16-11-21-20(22-12-16)13-27(23,24)17-8-9-18(25-2)19(10-17)26-3/h4-12H,13H2,1-3H3. The molecule has 27 heavy (non-hydrogen) atoms. The second-order valence-corrected chi connectivity index (χ2v) is 8.02. The van der Waals surface area contributed by atoms with Gasteiger partial charge < -0.3 is 9.47 Å². The molecule has 0 bridgehead atoms. The Morgan fingerprint density at radius 2 is 1.48 bits per heavy atom. The molecule has 0 N–H and O–H groups in total. The van der Waals surface area contributed by atoms with Crippen molar-refractivity contribution in [3.63, 3.8) is 0 Å². The van der Waals surface area contributed by atoms with Crippen molar-refractivity contribution in [2.45, 2.75) is 17.6 Å². The molecule has 0 unspecified atom stereocenters. The van der Waals surface area contributed by atoms with Gasteiger partial charge in [0.05, 0.1) is 19.1 Å². The van der Waals surface area contributed by atoms with Crippen molar-refractivity contribution < 1.29 is 17.9 Å². The lowest BCUT2D eigenvalue weighted by Gasteiger charge is -2.10. The van der Waals surface area contributed by atoms with E-state index in [1.807, 2.05) is 31.2 Å². The predicted molar refractivity (Wildman–Crippen MR) is 103 cm³/mol. The van der Waals surface area contributed by atoms with Gasteiger partial charge in [-0.15, -0.1) is 0 Å². The molecule has 6 nitrogen and oxygen atoms in total. The molecule has 1 heterocycles. The third kappa shape index (κ3) is 4.25. The van der Waals surface area contributed by atoms with Crippen LogP contribution in [0.2, 0.25) is 0 Å². The van der Waals surface area contributed by atoms with E-state index in [1.165, 1.54) is 26.4 Å². The van der Waals surface area contributed by atoms with Crippen LogP contribution in [0.15, 0.2) is 59.8 Å². The molecule has 0 fully saturated rings. The van der Waals surface area contributed by atoms with Crippen LogP contribution in [0.3, 0.4) is 0 Å². The van der Waals surface area contributed by atoms with E-state index in [2.05, 4.69) is 9.97 Å². The number of sulfone groups is 1. The second kappa shape index (κ2) is 7.75. The normalized spacial score (nSPS) is 11.2. The van der Waals surface area contributed by atoms with Crippen LogP contribution in [-0.4, -0.2) is 32.6 Å². The average Bonchev–Trinajstić information content (AvgIpc) is 2.68. The van der Waals surface area contributed by atoms with Crippen molar-refractivity contribution in [1.29, 1.82) is 0 Å². The number of aromatic nitrogens is 2. The Kier molecular flexibility index (Phi) is 5.41. The van der Waals surface area contributed by atoms with Gasteiger partial charge in [-0.1, -0.05) is 29.8 Å². The summed E-state index contributed by atoms with van der Waals surface area (Å²) in [6.07, 6.45) is 3.27. The lowest BCUT2D eigenvalue weighted by molar-refractivity contribution is 0.354. The zero-order valence-corrected chi connectivity index (χ0v) is 16.2. The fraction of sp³-hybridized carbons (Fsp3) is 0.200. The molecule has 0 aliphatic carbocycles. The Morgan fingerprint density at radius 1 is 0.852 bits per heavy atom. The van der Waals surface area contributed by atoms with Crippen LogP contribution in [0.5, 0.6) is 11.5 Å². The van der Waals surface area contributed by atoms with E-state index in [4.69, 9.17) is 9.47 Å². The van der Waals surface area contributed by atoms with E-state index >= 15 is 0 Å². The van der Waals surface area contributed by atoms with Gasteiger partial charge in [0.25, 0.3) is 0 Å². The summed E-state index contributed by atoms with van der Waals surface area (Å²) in [5, 5.41) is 0. The number of aryl methyl sites for hydroxylation is 1. The summed E-state index contributed by atoms with van der Waals surface area (Å²) in [5.74, 6) is 0.765. The van der Waals surface area contributed by atoms with Gasteiger partial charge in [-0.25, -0.2) is 18.4 Å². The fourth-order valence-corrected chi connectivity index (χ4v) is 3.81. The highest BCUT2D eigenvalue weighted by Crippen LogP contribution is 2.30. The molecule has 0 saturated heterocycles.